The third-order valence-electron chi connectivity index (χ3n) is 16.5. The van der Waals surface area contributed by atoms with Crippen LogP contribution in [0.25, 0.3) is 0 Å². The molecule has 17 atom stereocenters. The van der Waals surface area contributed by atoms with Gasteiger partial charge in [0.2, 0.25) is 5.91 Å². The number of carbonyl (C=O) groups excluding carboxylic acids is 1. The van der Waals surface area contributed by atoms with Crippen LogP contribution < -0.4 is 5.32 Å². The number of ether oxygens (including phenoxy) is 6. The van der Waals surface area contributed by atoms with E-state index in [1.165, 1.54) is 96.3 Å². The van der Waals surface area contributed by atoms with Gasteiger partial charge < -0.3 is 89.9 Å². The minimum atomic E-state index is -1.97. The van der Waals surface area contributed by atoms with Crippen molar-refractivity contribution in [2.24, 2.45) is 0 Å². The Morgan fingerprint density at radius 2 is 0.793 bits per heavy atom. The minimum absolute atomic E-state index is 0.249. The number of unbranched alkanes of at least 4 members (excludes halogenated alkanes) is 22. The third-order valence-corrected chi connectivity index (χ3v) is 16.5. The van der Waals surface area contributed by atoms with Crippen molar-refractivity contribution in [2.45, 2.75) is 324 Å². The summed E-state index contributed by atoms with van der Waals surface area (Å²) < 4.78 is 34.3. The fourth-order valence-corrected chi connectivity index (χ4v) is 11.1. The van der Waals surface area contributed by atoms with E-state index < -0.39 is 124 Å². The topological polar surface area (TPSA) is 307 Å². The summed E-state index contributed by atoms with van der Waals surface area (Å²) in [5.74, 6) is -0.249. The van der Waals surface area contributed by atoms with Crippen LogP contribution in [0.2, 0.25) is 0 Å². The van der Waals surface area contributed by atoms with Crippen molar-refractivity contribution < 1.29 is 89.4 Å². The van der Waals surface area contributed by atoms with Gasteiger partial charge in [-0.2, -0.15) is 0 Å². The zero-order valence-corrected chi connectivity index (χ0v) is 53.0. The molecule has 19 heteroatoms. The molecule has 12 N–H and O–H groups in total. The Morgan fingerprint density at radius 1 is 0.425 bits per heavy atom. The molecular formula is C68H119NO18. The molecule has 3 saturated heterocycles. The predicted octanol–water partition coefficient (Wildman–Crippen LogP) is 8.16. The molecule has 504 valence electrons. The van der Waals surface area contributed by atoms with E-state index in [4.69, 9.17) is 28.4 Å². The lowest BCUT2D eigenvalue weighted by molar-refractivity contribution is -0.379. The maximum atomic E-state index is 13.4. The molecule has 0 aromatic rings. The molecule has 0 radical (unpaired) electrons. The van der Waals surface area contributed by atoms with E-state index in [-0.39, 0.29) is 18.9 Å². The zero-order chi connectivity index (χ0) is 63.3. The molecule has 3 aliphatic rings. The summed E-state index contributed by atoms with van der Waals surface area (Å²) in [7, 11) is 0. The summed E-state index contributed by atoms with van der Waals surface area (Å²) >= 11 is 0. The average molecular weight is 1240 g/mol. The van der Waals surface area contributed by atoms with Crippen molar-refractivity contribution in [2.75, 3.05) is 26.4 Å². The van der Waals surface area contributed by atoms with Crippen molar-refractivity contribution in [1.82, 2.24) is 5.32 Å². The fourth-order valence-electron chi connectivity index (χ4n) is 11.1. The summed E-state index contributed by atoms with van der Waals surface area (Å²) in [4.78, 5) is 13.4. The third kappa shape index (κ3) is 32.4. The maximum Gasteiger partial charge on any atom is 0.220 e. The number of nitrogens with one attached hydrogen (secondary N) is 1. The Hall–Kier alpha value is -2.77. The van der Waals surface area contributed by atoms with Crippen LogP contribution in [0.5, 0.6) is 0 Å². The highest BCUT2D eigenvalue weighted by Crippen LogP contribution is 2.33. The van der Waals surface area contributed by atoms with Gasteiger partial charge in [-0.25, -0.2) is 0 Å². The second-order valence-electron chi connectivity index (χ2n) is 23.9. The molecule has 87 heavy (non-hydrogen) atoms. The SMILES string of the molecule is CC/C=C\C/C=C\C/C=C\C/C=C\C/C=C\C/C=C\CCCCCCCCCCCCCCC(=O)NC(COC1OC(CO)C(OC2OC(CO)C(OC3OC(CO)C(O)C(O)C3O)C(O)C2O)C(O)C1O)C(O)CCCCCCCCCCCCC. The van der Waals surface area contributed by atoms with Crippen molar-refractivity contribution in [1.29, 1.82) is 0 Å². The highest BCUT2D eigenvalue weighted by atomic mass is 16.8. The largest absolute Gasteiger partial charge is 0.394 e. The van der Waals surface area contributed by atoms with Crippen molar-refractivity contribution >= 4 is 5.91 Å². The highest BCUT2D eigenvalue weighted by molar-refractivity contribution is 5.76. The molecule has 19 nitrogen and oxygen atoms in total. The minimum Gasteiger partial charge on any atom is -0.394 e. The molecule has 3 heterocycles. The van der Waals surface area contributed by atoms with Crippen LogP contribution in [0, 0.1) is 0 Å². The van der Waals surface area contributed by atoms with E-state index >= 15 is 0 Å². The molecule has 0 aromatic heterocycles. The lowest BCUT2D eigenvalue weighted by Gasteiger charge is -2.48. The lowest BCUT2D eigenvalue weighted by Crippen LogP contribution is -2.66. The Bertz CT molecular complexity index is 1860. The number of hydrogen-bond acceptors (Lipinski definition) is 18. The zero-order valence-electron chi connectivity index (χ0n) is 53.0. The van der Waals surface area contributed by atoms with Gasteiger partial charge in [0.05, 0.1) is 38.6 Å². The normalized spacial score (nSPS) is 29.0. The Kier molecular flexibility index (Phi) is 45.0. The molecular weight excluding hydrogens is 1120 g/mol. The van der Waals surface area contributed by atoms with Gasteiger partial charge in [0.15, 0.2) is 18.9 Å². The first kappa shape index (κ1) is 78.5. The van der Waals surface area contributed by atoms with E-state index in [0.717, 1.165) is 89.9 Å². The Labute approximate surface area is 521 Å². The fraction of sp³-hybridized carbons (Fsp3) is 0.809. The van der Waals surface area contributed by atoms with Crippen LogP contribution in [0.1, 0.15) is 219 Å². The first-order valence-corrected chi connectivity index (χ1v) is 33.7. The van der Waals surface area contributed by atoms with E-state index in [1.54, 1.807) is 0 Å². The van der Waals surface area contributed by atoms with Gasteiger partial charge in [-0.3, -0.25) is 4.79 Å². The smallest absolute Gasteiger partial charge is 0.220 e. The van der Waals surface area contributed by atoms with Crippen molar-refractivity contribution in [3.05, 3.63) is 72.9 Å². The van der Waals surface area contributed by atoms with Gasteiger partial charge in [0.25, 0.3) is 0 Å². The number of carbonyl (C=O) groups is 1. The Balaban J connectivity index is 1.37. The van der Waals surface area contributed by atoms with Crippen LogP contribution in [-0.2, 0) is 33.2 Å². The molecule has 0 spiro atoms. The first-order chi connectivity index (χ1) is 42.3. The summed E-state index contributed by atoms with van der Waals surface area (Å²) in [5.41, 5.74) is 0. The van der Waals surface area contributed by atoms with Gasteiger partial charge in [0, 0.05) is 6.42 Å². The number of allylic oxidation sites excluding steroid dienone is 12. The standard InChI is InChI=1S/C68H119NO18/c1-3-5-7-9-11-13-15-16-17-18-19-20-21-22-23-24-25-26-27-28-29-30-31-32-33-34-36-38-40-42-44-46-56(74)69-51(52(73)45-43-41-39-37-35-14-12-10-8-6-4-2)50-82-66-62(80)59(77)64(54(48-71)84-66)87-68-63(81)60(78)65(55(49-72)85-68)86-67-61(79)58(76)57(75)53(47-70)83-67/h5,7,11,13,16-17,19-20,22-23,25-26,51-55,57-68,70-73,75-81H,3-4,6,8-10,12,14-15,18,21,24,27-50H2,1-2H3,(H,69,74)/b7-5-,13-11-,17-16-,20-19-,23-22-,26-25-. The van der Waals surface area contributed by atoms with Gasteiger partial charge >= 0.3 is 0 Å². The number of amides is 1. The lowest BCUT2D eigenvalue weighted by atomic mass is 9.96. The summed E-state index contributed by atoms with van der Waals surface area (Å²) in [6, 6.07) is -0.890. The van der Waals surface area contributed by atoms with E-state index in [1.807, 2.05) is 0 Å². The summed E-state index contributed by atoms with van der Waals surface area (Å²) in [6.07, 6.45) is 34.2. The molecule has 0 bridgehead atoms. The van der Waals surface area contributed by atoms with Crippen LogP contribution in [0.15, 0.2) is 72.9 Å². The monoisotopic (exact) mass is 1240 g/mol. The number of rotatable bonds is 50. The molecule has 0 aromatic carbocycles. The number of aliphatic hydroxyl groups is 11. The molecule has 17 unspecified atom stereocenters. The predicted molar refractivity (Wildman–Crippen MR) is 337 cm³/mol. The first-order valence-electron chi connectivity index (χ1n) is 33.7. The molecule has 3 rings (SSSR count). The van der Waals surface area contributed by atoms with E-state index in [2.05, 4.69) is 92.1 Å². The van der Waals surface area contributed by atoms with Gasteiger partial charge in [0.1, 0.15) is 73.2 Å². The summed E-state index contributed by atoms with van der Waals surface area (Å²) in [5, 5.41) is 120. The molecule has 1 amide bonds. The summed E-state index contributed by atoms with van der Waals surface area (Å²) in [6.45, 7) is 1.65. The van der Waals surface area contributed by atoms with Gasteiger partial charge in [-0.05, 0) is 64.2 Å². The van der Waals surface area contributed by atoms with Crippen molar-refractivity contribution in [3.63, 3.8) is 0 Å². The van der Waals surface area contributed by atoms with Crippen LogP contribution in [-0.4, -0.2) is 193 Å². The van der Waals surface area contributed by atoms with Crippen LogP contribution >= 0.6 is 0 Å². The van der Waals surface area contributed by atoms with Gasteiger partial charge in [-0.15, -0.1) is 0 Å². The maximum absolute atomic E-state index is 13.4. The number of hydrogen-bond donors (Lipinski definition) is 12. The molecule has 0 aliphatic carbocycles. The van der Waals surface area contributed by atoms with Gasteiger partial charge in [-0.1, -0.05) is 222 Å². The molecule has 3 fully saturated rings. The quantitative estimate of drug-likeness (QED) is 0.0202. The van der Waals surface area contributed by atoms with Crippen molar-refractivity contribution in [3.8, 4) is 0 Å². The number of aliphatic hydroxyl groups excluding tert-OH is 11. The molecule has 3 aliphatic heterocycles. The Morgan fingerprint density at radius 3 is 1.24 bits per heavy atom. The average Bonchev–Trinajstić information content (AvgIpc) is 3.71. The highest BCUT2D eigenvalue weighted by Gasteiger charge is 2.53. The van der Waals surface area contributed by atoms with Crippen LogP contribution in [0.4, 0.5) is 0 Å². The van der Waals surface area contributed by atoms with E-state index in [0.29, 0.717) is 12.8 Å². The second kappa shape index (κ2) is 49.9. The van der Waals surface area contributed by atoms with E-state index in [9.17, 15) is 61.0 Å². The molecule has 0 saturated carbocycles. The second-order valence-corrected chi connectivity index (χ2v) is 23.9. The van der Waals surface area contributed by atoms with Crippen LogP contribution in [0.3, 0.4) is 0 Å².